The number of H-pyrrole nitrogens is 1. The maximum absolute atomic E-state index is 12.1. The van der Waals surface area contributed by atoms with Gasteiger partial charge in [0.15, 0.2) is 0 Å². The molecule has 7 nitrogen and oxygen atoms in total. The minimum Gasteiger partial charge on any atom is -0.463 e. The van der Waals surface area contributed by atoms with Gasteiger partial charge >= 0.3 is 0 Å². The predicted octanol–water partition coefficient (Wildman–Crippen LogP) is 2.12. The van der Waals surface area contributed by atoms with Crippen LogP contribution in [0.15, 0.2) is 53.5 Å². The molecule has 0 bridgehead atoms. The van der Waals surface area contributed by atoms with Crippen LogP contribution in [0.5, 0.6) is 5.75 Å². The molecule has 2 aromatic carbocycles. The first-order chi connectivity index (χ1) is 14.4. The normalized spacial score (nSPS) is 26.6. The van der Waals surface area contributed by atoms with E-state index >= 15 is 0 Å². The van der Waals surface area contributed by atoms with Crippen LogP contribution in [-0.4, -0.2) is 55.4 Å². The number of rotatable bonds is 4. The third-order valence-corrected chi connectivity index (χ3v) is 6.66. The molecule has 1 aliphatic heterocycles. The molecule has 1 aliphatic rings. The summed E-state index contributed by atoms with van der Waals surface area (Å²) < 4.78 is 11.1. The van der Waals surface area contributed by atoms with Crippen LogP contribution in [0.25, 0.3) is 21.9 Å². The van der Waals surface area contributed by atoms with Gasteiger partial charge in [-0.05, 0) is 53.3 Å². The van der Waals surface area contributed by atoms with Gasteiger partial charge in [-0.25, -0.2) is 0 Å². The van der Waals surface area contributed by atoms with E-state index in [0.29, 0.717) is 11.1 Å². The number of hydrogen-bond acceptors (Lipinski definition) is 6. The molecule has 5 atom stereocenters. The molecular formula is C22H22INO6. The Morgan fingerprint density at radius 2 is 1.83 bits per heavy atom. The van der Waals surface area contributed by atoms with E-state index in [2.05, 4.69) is 4.98 Å². The Morgan fingerprint density at radius 1 is 1.10 bits per heavy atom. The van der Waals surface area contributed by atoms with Gasteiger partial charge in [0.05, 0.1) is 6.61 Å². The number of benzene rings is 2. The van der Waals surface area contributed by atoms with E-state index in [-0.39, 0.29) is 5.56 Å². The number of ether oxygens (including phenoxy) is 2. The van der Waals surface area contributed by atoms with Gasteiger partial charge in [0.1, 0.15) is 28.0 Å². The Kier molecular flexibility index (Phi) is 6.12. The number of alkyl halides is 1. The average Bonchev–Trinajstić information content (AvgIpc) is 2.75. The molecule has 1 aromatic heterocycles. The minimum atomic E-state index is -1.17. The lowest BCUT2D eigenvalue weighted by Gasteiger charge is -2.39. The molecule has 4 rings (SSSR count). The summed E-state index contributed by atoms with van der Waals surface area (Å²) >= 11 is 1.98. The first kappa shape index (κ1) is 21.3. The van der Waals surface area contributed by atoms with Crippen LogP contribution in [0, 0.1) is 6.92 Å². The number of pyridine rings is 1. The largest absolute Gasteiger partial charge is 0.463 e. The van der Waals surface area contributed by atoms with Gasteiger partial charge in [0.25, 0.3) is 5.56 Å². The van der Waals surface area contributed by atoms with E-state index in [0.717, 1.165) is 22.1 Å². The molecule has 30 heavy (non-hydrogen) atoms. The summed E-state index contributed by atoms with van der Waals surface area (Å²) in [6.45, 7) is 1.48. The molecule has 8 heteroatoms. The number of aromatic nitrogens is 1. The van der Waals surface area contributed by atoms with Crippen LogP contribution in [0.3, 0.4) is 0 Å². The van der Waals surface area contributed by atoms with Crippen molar-refractivity contribution in [2.24, 2.45) is 0 Å². The third kappa shape index (κ3) is 3.97. The highest BCUT2D eigenvalue weighted by Crippen LogP contribution is 2.32. The molecule has 0 saturated carbocycles. The van der Waals surface area contributed by atoms with Crippen molar-refractivity contribution in [2.75, 3.05) is 6.61 Å². The number of aryl methyl sites for hydroxylation is 1. The monoisotopic (exact) mass is 523 g/mol. The van der Waals surface area contributed by atoms with Gasteiger partial charge in [-0.1, -0.05) is 40.8 Å². The van der Waals surface area contributed by atoms with Gasteiger partial charge in [0, 0.05) is 11.6 Å². The van der Waals surface area contributed by atoms with Crippen molar-refractivity contribution < 1.29 is 24.8 Å². The van der Waals surface area contributed by atoms with Crippen LogP contribution in [0.1, 0.15) is 5.56 Å². The quantitative estimate of drug-likeness (QED) is 0.308. The fourth-order valence-corrected chi connectivity index (χ4v) is 4.33. The maximum Gasteiger partial charge on any atom is 0.255 e. The van der Waals surface area contributed by atoms with Crippen molar-refractivity contribution in [3.63, 3.8) is 0 Å². The SMILES string of the molecule is Cc1cc(-c2ccc3cc[nH]c(=O)c3c2)ccc1OC1OC(CO)C(O)C(O)C1I. The summed E-state index contributed by atoms with van der Waals surface area (Å²) in [7, 11) is 0. The molecule has 0 radical (unpaired) electrons. The number of aliphatic hydroxyl groups excluding tert-OH is 3. The summed E-state index contributed by atoms with van der Waals surface area (Å²) in [4.78, 5) is 14.8. The van der Waals surface area contributed by atoms with Gasteiger partial charge < -0.3 is 29.8 Å². The number of aliphatic hydroxyl groups is 3. The molecular weight excluding hydrogens is 501 g/mol. The number of fused-ring (bicyclic) bond motifs is 1. The molecule has 158 valence electrons. The minimum absolute atomic E-state index is 0.132. The molecule has 0 spiro atoms. The third-order valence-electron chi connectivity index (χ3n) is 5.33. The van der Waals surface area contributed by atoms with Gasteiger partial charge in [-0.2, -0.15) is 0 Å². The van der Waals surface area contributed by atoms with E-state index in [1.165, 1.54) is 0 Å². The molecule has 0 amide bonds. The van der Waals surface area contributed by atoms with Crippen molar-refractivity contribution in [3.05, 3.63) is 64.6 Å². The molecule has 1 fully saturated rings. The Balaban J connectivity index is 1.59. The highest BCUT2D eigenvalue weighted by molar-refractivity contribution is 14.1. The summed E-state index contributed by atoms with van der Waals surface area (Å²) in [5.74, 6) is 0.573. The Hall–Kier alpha value is -1.98. The average molecular weight is 523 g/mol. The smallest absolute Gasteiger partial charge is 0.255 e. The van der Waals surface area contributed by atoms with E-state index in [1.54, 1.807) is 6.20 Å². The Morgan fingerprint density at radius 3 is 2.57 bits per heavy atom. The van der Waals surface area contributed by atoms with Crippen molar-refractivity contribution in [1.29, 1.82) is 0 Å². The second kappa shape index (κ2) is 8.64. The fourth-order valence-electron chi connectivity index (χ4n) is 3.59. The number of aromatic amines is 1. The Bertz CT molecular complexity index is 1110. The standard InChI is InChI=1S/C22H22INO6/c1-11-8-13(14-3-2-12-6-7-24-21(28)15(12)9-14)4-5-16(11)29-22-18(23)20(27)19(26)17(10-25)30-22/h2-9,17-20,22,25-27H,10H2,1H3,(H,24,28). The van der Waals surface area contributed by atoms with Crippen molar-refractivity contribution in [3.8, 4) is 16.9 Å². The molecule has 2 heterocycles. The van der Waals surface area contributed by atoms with Crippen LogP contribution < -0.4 is 10.3 Å². The summed E-state index contributed by atoms with van der Waals surface area (Å²) in [5.41, 5.74) is 2.56. The van der Waals surface area contributed by atoms with Crippen LogP contribution in [-0.2, 0) is 4.74 Å². The molecule has 0 aliphatic carbocycles. The number of nitrogens with one attached hydrogen (secondary N) is 1. The van der Waals surface area contributed by atoms with Crippen molar-refractivity contribution in [2.45, 2.75) is 35.5 Å². The topological polar surface area (TPSA) is 112 Å². The van der Waals surface area contributed by atoms with E-state index < -0.39 is 35.1 Å². The molecule has 4 N–H and O–H groups in total. The molecule has 1 saturated heterocycles. The molecule has 3 aromatic rings. The van der Waals surface area contributed by atoms with E-state index in [9.17, 15) is 20.1 Å². The first-order valence-electron chi connectivity index (χ1n) is 9.54. The highest BCUT2D eigenvalue weighted by atomic mass is 127. The predicted molar refractivity (Wildman–Crippen MR) is 121 cm³/mol. The zero-order valence-corrected chi connectivity index (χ0v) is 18.3. The van der Waals surface area contributed by atoms with E-state index in [1.807, 2.05) is 72.0 Å². The van der Waals surface area contributed by atoms with Crippen LogP contribution >= 0.6 is 22.6 Å². The van der Waals surface area contributed by atoms with Crippen molar-refractivity contribution >= 4 is 33.4 Å². The maximum atomic E-state index is 12.1. The Labute approximate surface area is 186 Å². The second-order valence-electron chi connectivity index (χ2n) is 7.36. The van der Waals surface area contributed by atoms with Gasteiger partial charge in [0.2, 0.25) is 6.29 Å². The van der Waals surface area contributed by atoms with Crippen molar-refractivity contribution in [1.82, 2.24) is 4.98 Å². The lowest BCUT2D eigenvalue weighted by atomic mass is 10.00. The lowest BCUT2D eigenvalue weighted by molar-refractivity contribution is -0.222. The number of halogens is 1. The summed E-state index contributed by atoms with van der Waals surface area (Å²) in [6.07, 6.45) is -2.34. The van der Waals surface area contributed by atoms with Crippen LogP contribution in [0.4, 0.5) is 0 Å². The van der Waals surface area contributed by atoms with Gasteiger partial charge in [-0.3, -0.25) is 4.79 Å². The lowest BCUT2D eigenvalue weighted by Crippen LogP contribution is -2.57. The zero-order chi connectivity index (χ0) is 21.4. The summed E-state index contributed by atoms with van der Waals surface area (Å²) in [5, 5.41) is 31.1. The van der Waals surface area contributed by atoms with Gasteiger partial charge in [-0.15, -0.1) is 0 Å². The van der Waals surface area contributed by atoms with E-state index in [4.69, 9.17) is 9.47 Å². The number of hydrogen-bond donors (Lipinski definition) is 4. The van der Waals surface area contributed by atoms with Crippen LogP contribution in [0.2, 0.25) is 0 Å². The highest BCUT2D eigenvalue weighted by Gasteiger charge is 2.44. The molecule has 5 unspecified atom stereocenters. The first-order valence-corrected chi connectivity index (χ1v) is 10.8. The second-order valence-corrected chi connectivity index (χ2v) is 8.80. The fraction of sp³-hybridized carbons (Fsp3) is 0.318. The summed E-state index contributed by atoms with van der Waals surface area (Å²) in [6, 6.07) is 13.2. The zero-order valence-electron chi connectivity index (χ0n) is 16.2.